The number of hydrogen-bond donors (Lipinski definition) is 0. The molecule has 0 rings (SSSR count). The van der Waals surface area contributed by atoms with Crippen LogP contribution in [0.5, 0.6) is 0 Å². The maximum atomic E-state index is 2.08. The third kappa shape index (κ3) is 8.84. The summed E-state index contributed by atoms with van der Waals surface area (Å²) in [5.41, 5.74) is 0. The van der Waals surface area contributed by atoms with E-state index >= 15 is 0 Å². The van der Waals surface area contributed by atoms with Crippen molar-refractivity contribution in [3.63, 3.8) is 0 Å². The zero-order valence-corrected chi connectivity index (χ0v) is 8.48. The summed E-state index contributed by atoms with van der Waals surface area (Å²) in [5.74, 6) is 0. The summed E-state index contributed by atoms with van der Waals surface area (Å²) in [7, 11) is 0. The quantitative estimate of drug-likeness (QED) is 0.374. The molecule has 0 aliphatic heterocycles. The van der Waals surface area contributed by atoms with Gasteiger partial charge in [0.05, 0.1) is 0 Å². The maximum absolute atomic E-state index is 2.08. The van der Waals surface area contributed by atoms with E-state index in [1.807, 2.05) is 0 Å². The molecule has 0 atom stereocenters. The molecule has 3 radical (unpaired) electrons. The molecule has 0 aliphatic rings. The van der Waals surface area contributed by atoms with E-state index in [0.29, 0.717) is 0 Å². The van der Waals surface area contributed by atoms with Gasteiger partial charge in [0, 0.05) is 20.4 Å². The van der Waals surface area contributed by atoms with Gasteiger partial charge in [0.25, 0.3) is 0 Å². The van der Waals surface area contributed by atoms with Gasteiger partial charge in [-0.1, -0.05) is 0 Å². The van der Waals surface area contributed by atoms with Crippen LogP contribution in [0.25, 0.3) is 0 Å². The molecule has 29 valence electrons. The van der Waals surface area contributed by atoms with Gasteiger partial charge in [-0.2, -0.15) is 0 Å². The summed E-state index contributed by atoms with van der Waals surface area (Å²) in [6.45, 7) is 0. The second kappa shape index (κ2) is 17.1. The first-order chi connectivity index (χ1) is 1.00. The first-order valence-corrected chi connectivity index (χ1v) is 10.6. The third-order valence-corrected chi connectivity index (χ3v) is 0. The van der Waals surface area contributed by atoms with E-state index in [4.69, 9.17) is 0 Å². The summed E-state index contributed by atoms with van der Waals surface area (Å²) in [6, 6.07) is 0. The van der Waals surface area contributed by atoms with Gasteiger partial charge in [-0.25, -0.2) is 0 Å². The van der Waals surface area contributed by atoms with Crippen molar-refractivity contribution in [3.05, 3.63) is 0 Å². The van der Waals surface area contributed by atoms with Crippen molar-refractivity contribution < 1.29 is 20.4 Å². The van der Waals surface area contributed by atoms with Gasteiger partial charge in [-0.15, -0.1) is 0 Å². The molecule has 0 aliphatic carbocycles. The standard InChI is InChI=1S/GeH4.Pd.Sn.Te.H/h1H4;;;;. The average molecular weight is 430 g/mol. The van der Waals surface area contributed by atoms with E-state index < -0.39 is 0 Å². The van der Waals surface area contributed by atoms with Gasteiger partial charge in [0.2, 0.25) is 0 Å². The van der Waals surface area contributed by atoms with Crippen LogP contribution < -0.4 is 0 Å². The van der Waals surface area contributed by atoms with Crippen molar-refractivity contribution in [2.75, 3.05) is 0 Å². The van der Waals surface area contributed by atoms with Crippen LogP contribution in [0.3, 0.4) is 0 Å². The van der Waals surface area contributed by atoms with Crippen LogP contribution in [0.15, 0.2) is 0 Å². The first-order valence-electron chi connectivity index (χ1n) is 0.236. The molecule has 0 aromatic carbocycles. The summed E-state index contributed by atoms with van der Waals surface area (Å²) < 4.78 is 0. The Hall–Kier alpha value is 2.79. The fourth-order valence-corrected chi connectivity index (χ4v) is 0. The van der Waals surface area contributed by atoms with Crippen LogP contribution in [-0.2, 0) is 20.4 Å². The molecule has 4 heavy (non-hydrogen) atoms. The van der Waals surface area contributed by atoms with Gasteiger partial charge < -0.3 is 0 Å². The summed E-state index contributed by atoms with van der Waals surface area (Å²) in [6.07, 6.45) is 0. The zero-order chi connectivity index (χ0) is 2.00. The Morgan fingerprint density at radius 3 is 1.25 bits per heavy atom. The molecule has 0 saturated carbocycles. The second-order valence-corrected chi connectivity index (χ2v) is 0. The predicted octanol–water partition coefficient (Wildman–Crippen LogP) is -2.48. The minimum absolute atomic E-state index is 0. The van der Waals surface area contributed by atoms with Crippen LogP contribution in [0.2, 0.25) is 0 Å². The van der Waals surface area contributed by atoms with Crippen LogP contribution in [0.4, 0.5) is 0 Å². The van der Waals surface area contributed by atoms with E-state index in [1.54, 1.807) is 0 Å². The van der Waals surface area contributed by atoms with Crippen molar-refractivity contribution in [1.29, 1.82) is 0 Å². The molecule has 0 heterocycles. The molecular weight excluding hydrogens is 425 g/mol. The summed E-state index contributed by atoms with van der Waals surface area (Å²) in [5, 5.41) is 0. The predicted molar refractivity (Wildman–Crippen MR) is 24.2 cm³/mol. The summed E-state index contributed by atoms with van der Waals surface area (Å²) in [4.78, 5) is 0. The zero-order valence-electron chi connectivity index (χ0n) is 1.30. The Balaban J connectivity index is -0.00000000500. The fourth-order valence-electron chi connectivity index (χ4n) is 0. The molecule has 0 amide bonds. The minimum atomic E-state index is 0. The van der Waals surface area contributed by atoms with E-state index in [1.165, 1.54) is 18.6 Å². The van der Waals surface area contributed by atoms with Crippen molar-refractivity contribution in [3.8, 4) is 0 Å². The Bertz CT molecular complexity index is 8.00. The number of hydrogen-bond acceptors (Lipinski definition) is 0. The monoisotopic (exact) mass is 435 g/mol. The van der Waals surface area contributed by atoms with Gasteiger partial charge in [-0.3, -0.25) is 0 Å². The first kappa shape index (κ1) is 15.8. The molecule has 0 unspecified atom stereocenters. The van der Waals surface area contributed by atoms with E-state index in [-0.39, 0.29) is 38.0 Å². The molecular formula is H5GePdSnTe. The Morgan fingerprint density at radius 1 is 1.25 bits per heavy atom. The normalized spacial score (nSPS) is 1.50. The van der Waals surface area contributed by atoms with Crippen molar-refractivity contribution >= 4 is 54.6 Å². The van der Waals surface area contributed by atoms with Crippen molar-refractivity contribution in [2.24, 2.45) is 0 Å². The molecule has 0 aromatic rings. The van der Waals surface area contributed by atoms with Gasteiger partial charge in [0.15, 0.2) is 0 Å². The Labute approximate surface area is 73.6 Å². The topological polar surface area (TPSA) is 0 Å². The molecule has 0 nitrogen and oxygen atoms in total. The Morgan fingerprint density at radius 2 is 1.25 bits per heavy atom. The van der Waals surface area contributed by atoms with Gasteiger partial charge in [0.1, 0.15) is 0 Å². The summed E-state index contributed by atoms with van der Waals surface area (Å²) >= 11 is 3.44. The van der Waals surface area contributed by atoms with E-state index in [2.05, 4.69) is 18.4 Å². The molecule has 0 saturated heterocycles. The van der Waals surface area contributed by atoms with Crippen molar-refractivity contribution in [1.82, 2.24) is 0 Å². The molecule has 0 aromatic heterocycles. The molecule has 4 heteroatoms. The van der Waals surface area contributed by atoms with E-state index in [0.717, 1.165) is 0 Å². The SMILES string of the molecule is [GeH4].[Pd].[SnH][Te]. The fraction of sp³-hybridized carbons (Fsp3) is 0. The van der Waals surface area contributed by atoms with Crippen molar-refractivity contribution in [2.45, 2.75) is 0 Å². The van der Waals surface area contributed by atoms with E-state index in [9.17, 15) is 0 Å². The Kier molecular flexibility index (Phi) is 67.6. The van der Waals surface area contributed by atoms with Gasteiger partial charge in [-0.05, 0) is 0 Å². The van der Waals surface area contributed by atoms with Crippen LogP contribution in [0, 0.1) is 0 Å². The molecule has 0 spiro atoms. The number of rotatable bonds is 0. The molecule has 0 bridgehead atoms. The van der Waals surface area contributed by atoms with Crippen LogP contribution in [-0.4, -0.2) is 54.6 Å². The van der Waals surface area contributed by atoms with Gasteiger partial charge >= 0.3 is 54.6 Å². The second-order valence-electron chi connectivity index (χ2n) is 0. The molecule has 0 fully saturated rings. The average Bonchev–Trinajstić information content (AvgIpc) is 1.00. The molecule has 0 N–H and O–H groups in total. The van der Waals surface area contributed by atoms with Crippen LogP contribution in [0.1, 0.15) is 0 Å². The third-order valence-electron chi connectivity index (χ3n) is 0. The van der Waals surface area contributed by atoms with Crippen LogP contribution >= 0.6 is 0 Å².